The number of carbonyl (C=O) groups is 2. The predicted molar refractivity (Wildman–Crippen MR) is 110 cm³/mol. The van der Waals surface area contributed by atoms with Crippen LogP contribution in [0.3, 0.4) is 0 Å². The lowest BCUT2D eigenvalue weighted by molar-refractivity contribution is -0.119. The lowest BCUT2D eigenvalue weighted by Crippen LogP contribution is -2.33. The van der Waals surface area contributed by atoms with Crippen LogP contribution in [0.15, 0.2) is 54.7 Å². The Kier molecular flexibility index (Phi) is 5.22. The van der Waals surface area contributed by atoms with E-state index >= 15 is 4.39 Å². The first-order valence-corrected chi connectivity index (χ1v) is 9.56. The van der Waals surface area contributed by atoms with Gasteiger partial charge in [0.15, 0.2) is 5.82 Å². The van der Waals surface area contributed by atoms with Crippen LogP contribution in [0.2, 0.25) is 0 Å². The highest BCUT2D eigenvalue weighted by Crippen LogP contribution is 2.28. The van der Waals surface area contributed by atoms with Crippen LogP contribution in [0.25, 0.3) is 16.9 Å². The minimum atomic E-state index is -0.572. The number of aryl methyl sites for hydroxylation is 1. The second kappa shape index (κ2) is 7.98. The molecule has 4 rings (SSSR count). The standard InChI is InChI=1S/C22H21FN4O3/c1-14-3-5-16(6-4-14)20-9-10-25-27(20)21-8-7-17(11-19(21)23)26-13-18(30-22(26)29)12-24-15(2)28/h3-11,18H,12-13H2,1-2H3,(H,24,28). The van der Waals surface area contributed by atoms with Gasteiger partial charge in [-0.3, -0.25) is 9.69 Å². The number of nitrogens with one attached hydrogen (secondary N) is 1. The number of rotatable bonds is 5. The number of amides is 2. The fourth-order valence-corrected chi connectivity index (χ4v) is 3.37. The van der Waals surface area contributed by atoms with Crippen LogP contribution in [-0.2, 0) is 9.53 Å². The molecule has 1 N–H and O–H groups in total. The summed E-state index contributed by atoms with van der Waals surface area (Å²) in [6.45, 7) is 3.84. The van der Waals surface area contributed by atoms with Crippen molar-refractivity contribution in [3.05, 3.63) is 66.1 Å². The Bertz CT molecular complexity index is 1090. The SMILES string of the molecule is CC(=O)NCC1CN(c2ccc(-n3nccc3-c3ccc(C)cc3)c(F)c2)C(=O)O1. The molecule has 1 saturated heterocycles. The Morgan fingerprint density at radius 1 is 1.23 bits per heavy atom. The highest BCUT2D eigenvalue weighted by Gasteiger charge is 2.32. The fraction of sp³-hybridized carbons (Fsp3) is 0.227. The number of halogens is 1. The van der Waals surface area contributed by atoms with Gasteiger partial charge in [-0.05, 0) is 31.2 Å². The zero-order valence-electron chi connectivity index (χ0n) is 16.6. The average Bonchev–Trinajstić information content (AvgIpc) is 3.33. The van der Waals surface area contributed by atoms with E-state index in [4.69, 9.17) is 4.74 Å². The summed E-state index contributed by atoms with van der Waals surface area (Å²) < 4.78 is 21.8. The molecule has 154 valence electrons. The third-order valence-electron chi connectivity index (χ3n) is 4.91. The normalized spacial score (nSPS) is 15.9. The number of anilines is 1. The molecule has 0 bridgehead atoms. The molecule has 0 saturated carbocycles. The number of benzene rings is 2. The van der Waals surface area contributed by atoms with E-state index in [2.05, 4.69) is 10.4 Å². The molecule has 0 spiro atoms. The smallest absolute Gasteiger partial charge is 0.414 e. The molecule has 7 nitrogen and oxygen atoms in total. The van der Waals surface area contributed by atoms with Gasteiger partial charge in [0.2, 0.25) is 5.91 Å². The zero-order valence-corrected chi connectivity index (χ0v) is 16.6. The van der Waals surface area contributed by atoms with Crippen LogP contribution in [0.4, 0.5) is 14.9 Å². The summed E-state index contributed by atoms with van der Waals surface area (Å²) in [5, 5.41) is 6.89. The molecule has 2 aromatic carbocycles. The third-order valence-corrected chi connectivity index (χ3v) is 4.91. The minimum absolute atomic E-state index is 0.205. The van der Waals surface area contributed by atoms with Gasteiger partial charge in [0.25, 0.3) is 0 Å². The number of hydrogen-bond donors (Lipinski definition) is 1. The van der Waals surface area contributed by atoms with Crippen LogP contribution in [0.1, 0.15) is 12.5 Å². The van der Waals surface area contributed by atoms with Gasteiger partial charge in [0.1, 0.15) is 11.8 Å². The summed E-state index contributed by atoms with van der Waals surface area (Å²) in [6, 6.07) is 14.3. The van der Waals surface area contributed by atoms with Gasteiger partial charge < -0.3 is 10.1 Å². The fourth-order valence-electron chi connectivity index (χ4n) is 3.37. The molecule has 0 radical (unpaired) electrons. The van der Waals surface area contributed by atoms with Gasteiger partial charge in [0.05, 0.1) is 30.7 Å². The van der Waals surface area contributed by atoms with Gasteiger partial charge >= 0.3 is 6.09 Å². The summed E-state index contributed by atoms with van der Waals surface area (Å²) >= 11 is 0. The van der Waals surface area contributed by atoms with Crippen molar-refractivity contribution in [3.63, 3.8) is 0 Å². The topological polar surface area (TPSA) is 76.5 Å². The molecule has 1 aliphatic heterocycles. The van der Waals surface area contributed by atoms with Crippen LogP contribution < -0.4 is 10.2 Å². The van der Waals surface area contributed by atoms with E-state index in [9.17, 15) is 9.59 Å². The molecular formula is C22H21FN4O3. The lowest BCUT2D eigenvalue weighted by atomic mass is 10.1. The molecule has 2 heterocycles. The minimum Gasteiger partial charge on any atom is -0.442 e. The lowest BCUT2D eigenvalue weighted by Gasteiger charge is -2.15. The summed E-state index contributed by atoms with van der Waals surface area (Å²) in [5.74, 6) is -0.717. The van der Waals surface area contributed by atoms with E-state index < -0.39 is 18.0 Å². The molecule has 1 unspecified atom stereocenters. The summed E-state index contributed by atoms with van der Waals surface area (Å²) in [5.41, 5.74) is 3.48. The summed E-state index contributed by atoms with van der Waals surface area (Å²) in [7, 11) is 0. The van der Waals surface area contributed by atoms with Crippen molar-refractivity contribution >= 4 is 17.7 Å². The zero-order chi connectivity index (χ0) is 21.3. The summed E-state index contributed by atoms with van der Waals surface area (Å²) in [6.07, 6.45) is 0.563. The van der Waals surface area contributed by atoms with Crippen LogP contribution in [0.5, 0.6) is 0 Å². The number of cyclic esters (lactones) is 1. The first-order valence-electron chi connectivity index (χ1n) is 9.56. The summed E-state index contributed by atoms with van der Waals surface area (Å²) in [4.78, 5) is 24.6. The molecule has 30 heavy (non-hydrogen) atoms. The molecular weight excluding hydrogens is 387 g/mol. The van der Waals surface area contributed by atoms with Crippen LogP contribution in [0, 0.1) is 12.7 Å². The Labute approximate surface area is 173 Å². The molecule has 0 aliphatic carbocycles. The van der Waals surface area contributed by atoms with Gasteiger partial charge in [-0.25, -0.2) is 13.9 Å². The maximum atomic E-state index is 15.0. The van der Waals surface area contributed by atoms with E-state index in [1.54, 1.807) is 18.3 Å². The molecule has 1 fully saturated rings. The van der Waals surface area contributed by atoms with Crippen LogP contribution >= 0.6 is 0 Å². The van der Waals surface area contributed by atoms with E-state index in [-0.39, 0.29) is 24.7 Å². The quantitative estimate of drug-likeness (QED) is 0.702. The van der Waals surface area contributed by atoms with E-state index in [1.807, 2.05) is 37.3 Å². The molecule has 1 aromatic heterocycles. The third kappa shape index (κ3) is 3.89. The van der Waals surface area contributed by atoms with Gasteiger partial charge in [0, 0.05) is 12.5 Å². The van der Waals surface area contributed by atoms with Crippen molar-refractivity contribution in [2.75, 3.05) is 18.0 Å². The Balaban J connectivity index is 1.58. The van der Waals surface area contributed by atoms with Crippen molar-refractivity contribution in [1.82, 2.24) is 15.1 Å². The van der Waals surface area contributed by atoms with E-state index in [0.29, 0.717) is 5.69 Å². The van der Waals surface area contributed by atoms with Crippen LogP contribution in [-0.4, -0.2) is 41.0 Å². The van der Waals surface area contributed by atoms with Crippen molar-refractivity contribution in [1.29, 1.82) is 0 Å². The number of hydrogen-bond acceptors (Lipinski definition) is 4. The molecule has 8 heteroatoms. The average molecular weight is 408 g/mol. The molecule has 2 amide bonds. The van der Waals surface area contributed by atoms with Gasteiger partial charge in [-0.15, -0.1) is 0 Å². The van der Waals surface area contributed by atoms with E-state index in [1.165, 1.54) is 22.6 Å². The number of ether oxygens (including phenoxy) is 1. The number of nitrogens with zero attached hydrogens (tertiary/aromatic N) is 3. The van der Waals surface area contributed by atoms with Crippen molar-refractivity contribution in [3.8, 4) is 16.9 Å². The maximum absolute atomic E-state index is 15.0. The Morgan fingerprint density at radius 3 is 2.70 bits per heavy atom. The predicted octanol–water partition coefficient (Wildman–Crippen LogP) is 3.45. The molecule has 1 aliphatic rings. The van der Waals surface area contributed by atoms with Crippen molar-refractivity contribution in [2.24, 2.45) is 0 Å². The monoisotopic (exact) mass is 408 g/mol. The Hall–Kier alpha value is -3.68. The second-order valence-corrected chi connectivity index (χ2v) is 7.18. The van der Waals surface area contributed by atoms with E-state index in [0.717, 1.165) is 16.8 Å². The second-order valence-electron chi connectivity index (χ2n) is 7.18. The first-order chi connectivity index (χ1) is 14.4. The molecule has 1 atom stereocenters. The Morgan fingerprint density at radius 2 is 2.00 bits per heavy atom. The maximum Gasteiger partial charge on any atom is 0.414 e. The highest BCUT2D eigenvalue weighted by atomic mass is 19.1. The largest absolute Gasteiger partial charge is 0.442 e. The number of aromatic nitrogens is 2. The number of carbonyl (C=O) groups excluding carboxylic acids is 2. The van der Waals surface area contributed by atoms with Crippen molar-refractivity contribution < 1.29 is 18.7 Å². The first kappa shape index (κ1) is 19.6. The van der Waals surface area contributed by atoms with Gasteiger partial charge in [-0.1, -0.05) is 29.8 Å². The van der Waals surface area contributed by atoms with Crippen molar-refractivity contribution in [2.45, 2.75) is 20.0 Å². The van der Waals surface area contributed by atoms with Gasteiger partial charge in [-0.2, -0.15) is 5.10 Å². The molecule has 3 aromatic rings. The highest BCUT2D eigenvalue weighted by molar-refractivity contribution is 5.90.